The lowest BCUT2D eigenvalue weighted by Gasteiger charge is -2.22. The van der Waals surface area contributed by atoms with Gasteiger partial charge in [0.2, 0.25) is 5.91 Å². The summed E-state index contributed by atoms with van der Waals surface area (Å²) in [4.78, 5) is 11.6. The molecular weight excluding hydrogens is 166 g/mol. The Hall–Kier alpha value is -1.03. The van der Waals surface area contributed by atoms with E-state index in [1.165, 1.54) is 0 Å². The number of carbonyl (C=O) groups is 1. The Labute approximate surface area is 78.8 Å². The van der Waals surface area contributed by atoms with Gasteiger partial charge in [-0.15, -0.1) is 0 Å². The smallest absolute Gasteiger partial charge is 0.240 e. The summed E-state index contributed by atoms with van der Waals surface area (Å²) in [7, 11) is 3.63. The minimum Gasteiger partial charge on any atom is -0.390 e. The summed E-state index contributed by atoms with van der Waals surface area (Å²) < 4.78 is 0. The predicted octanol–water partition coefficient (Wildman–Crippen LogP) is -0.414. The second kappa shape index (κ2) is 3.38. The molecule has 0 saturated carbocycles. The van der Waals surface area contributed by atoms with Crippen LogP contribution in [0.5, 0.6) is 0 Å². The third-order valence-corrected chi connectivity index (χ3v) is 2.34. The Morgan fingerprint density at radius 3 is 2.46 bits per heavy atom. The van der Waals surface area contributed by atoms with Gasteiger partial charge in [0.05, 0.1) is 11.6 Å². The van der Waals surface area contributed by atoms with Gasteiger partial charge >= 0.3 is 0 Å². The fourth-order valence-electron chi connectivity index (χ4n) is 0.925. The summed E-state index contributed by atoms with van der Waals surface area (Å²) in [5, 5.41) is 8.83. The number of carbonyl (C=O) groups excluding carboxylic acids is 1. The Bertz CT molecular complexity index is 245. The Morgan fingerprint density at radius 2 is 2.08 bits per heavy atom. The monoisotopic (exact) mass is 183 g/mol. The van der Waals surface area contributed by atoms with Crippen LogP contribution in [-0.4, -0.2) is 31.6 Å². The van der Waals surface area contributed by atoms with Gasteiger partial charge in [-0.2, -0.15) is 0 Å². The van der Waals surface area contributed by atoms with E-state index in [4.69, 9.17) is 0 Å². The molecule has 1 atom stereocenters. The van der Waals surface area contributed by atoms with Gasteiger partial charge in [-0.25, -0.2) is 0 Å². The number of rotatable bonds is 4. The van der Waals surface area contributed by atoms with Gasteiger partial charge in [0, 0.05) is 12.7 Å². The number of likely N-dealkylation sites (N-methyl/N-ethyl adjacent to an activating group) is 2. The lowest BCUT2D eigenvalue weighted by Crippen LogP contribution is -2.52. The van der Waals surface area contributed by atoms with Gasteiger partial charge in [-0.3, -0.25) is 4.79 Å². The highest BCUT2D eigenvalue weighted by Gasteiger charge is 2.31. The van der Waals surface area contributed by atoms with Crippen molar-refractivity contribution in [3.8, 4) is 0 Å². The summed E-state index contributed by atoms with van der Waals surface area (Å²) >= 11 is 0. The Morgan fingerprint density at radius 1 is 1.46 bits per heavy atom. The van der Waals surface area contributed by atoms with Crippen LogP contribution in [0.4, 0.5) is 0 Å². The molecular formula is C9H17N3O. The number of nitrogens with one attached hydrogen (secondary N) is 3. The van der Waals surface area contributed by atoms with Crippen LogP contribution in [0.15, 0.2) is 11.8 Å². The molecule has 0 aromatic heterocycles. The summed E-state index contributed by atoms with van der Waals surface area (Å²) in [6, 6.07) is 0.116. The van der Waals surface area contributed by atoms with E-state index < -0.39 is 5.54 Å². The van der Waals surface area contributed by atoms with Crippen molar-refractivity contribution in [2.45, 2.75) is 25.4 Å². The van der Waals surface area contributed by atoms with E-state index in [9.17, 15) is 4.79 Å². The molecule has 0 spiro atoms. The van der Waals surface area contributed by atoms with Crippen LogP contribution in [0.25, 0.3) is 0 Å². The first-order valence-electron chi connectivity index (χ1n) is 4.40. The lowest BCUT2D eigenvalue weighted by molar-refractivity contribution is -0.126. The molecule has 13 heavy (non-hydrogen) atoms. The molecule has 0 fully saturated rings. The average Bonchev–Trinajstić information content (AvgIpc) is 2.83. The molecule has 0 aliphatic heterocycles. The second-order valence-electron chi connectivity index (χ2n) is 3.70. The highest BCUT2D eigenvalue weighted by molar-refractivity contribution is 5.86. The maximum atomic E-state index is 11.6. The normalized spacial score (nSPS) is 20.6. The molecule has 0 unspecified atom stereocenters. The van der Waals surface area contributed by atoms with Gasteiger partial charge in [0.1, 0.15) is 0 Å². The molecule has 1 rings (SSSR count). The highest BCUT2D eigenvalue weighted by atomic mass is 16.2. The first kappa shape index (κ1) is 10.1. The third-order valence-electron chi connectivity index (χ3n) is 2.34. The number of hydrogen-bond donors (Lipinski definition) is 3. The van der Waals surface area contributed by atoms with Crippen molar-refractivity contribution in [3.63, 3.8) is 0 Å². The van der Waals surface area contributed by atoms with Crippen molar-refractivity contribution in [2.24, 2.45) is 0 Å². The van der Waals surface area contributed by atoms with Crippen molar-refractivity contribution in [1.82, 2.24) is 16.0 Å². The quantitative estimate of drug-likeness (QED) is 0.555. The van der Waals surface area contributed by atoms with Gasteiger partial charge in [-0.05, 0) is 27.0 Å². The lowest BCUT2D eigenvalue weighted by atomic mass is 10.1. The first-order chi connectivity index (χ1) is 6.01. The molecule has 4 nitrogen and oxygen atoms in total. The average molecular weight is 183 g/mol. The summed E-state index contributed by atoms with van der Waals surface area (Å²) in [6.07, 6.45) is 1.98. The van der Waals surface area contributed by atoms with Gasteiger partial charge in [0.15, 0.2) is 0 Å². The fourth-order valence-corrected chi connectivity index (χ4v) is 0.925. The Kier molecular flexibility index (Phi) is 2.61. The van der Waals surface area contributed by atoms with Crippen LogP contribution in [0.1, 0.15) is 13.8 Å². The van der Waals surface area contributed by atoms with Crippen LogP contribution in [0, 0.1) is 0 Å². The van der Waals surface area contributed by atoms with E-state index in [0.29, 0.717) is 0 Å². The minimum absolute atomic E-state index is 0.0153. The van der Waals surface area contributed by atoms with E-state index in [-0.39, 0.29) is 11.9 Å². The van der Waals surface area contributed by atoms with Crippen molar-refractivity contribution in [3.05, 3.63) is 11.8 Å². The molecule has 1 aliphatic rings. The number of hydrogen-bond acceptors (Lipinski definition) is 3. The van der Waals surface area contributed by atoms with Gasteiger partial charge in [-0.1, -0.05) is 0 Å². The molecule has 0 bridgehead atoms. The van der Waals surface area contributed by atoms with Gasteiger partial charge in [0.25, 0.3) is 0 Å². The summed E-state index contributed by atoms with van der Waals surface area (Å²) in [6.45, 7) is 3.70. The zero-order chi connectivity index (χ0) is 10.1. The molecule has 1 aliphatic carbocycles. The zero-order valence-electron chi connectivity index (χ0n) is 8.56. The maximum absolute atomic E-state index is 11.6. The first-order valence-corrected chi connectivity index (χ1v) is 4.40. The largest absolute Gasteiger partial charge is 0.390 e. The molecule has 0 aromatic rings. The molecule has 0 heterocycles. The predicted molar refractivity (Wildman–Crippen MR) is 52.2 cm³/mol. The molecule has 0 aromatic carbocycles. The van der Waals surface area contributed by atoms with E-state index in [2.05, 4.69) is 16.0 Å². The molecule has 0 radical (unpaired) electrons. The summed E-state index contributed by atoms with van der Waals surface area (Å²) in [5.41, 5.74) is 0.579. The van der Waals surface area contributed by atoms with Crippen LogP contribution in [0.3, 0.4) is 0 Å². The standard InChI is InChI=1S/C9H17N3O/c1-9(2,11-4)8(13)12-7-5-6(7)10-3/h5,7,10-11H,1-4H3,(H,12,13)/t7-/m1/s1. The second-order valence-corrected chi connectivity index (χ2v) is 3.70. The summed E-state index contributed by atoms with van der Waals surface area (Å²) in [5.74, 6) is 0.0153. The molecule has 74 valence electrons. The van der Waals surface area contributed by atoms with E-state index in [1.807, 2.05) is 27.0 Å². The van der Waals surface area contributed by atoms with Crippen molar-refractivity contribution in [1.29, 1.82) is 0 Å². The van der Waals surface area contributed by atoms with Crippen LogP contribution in [0.2, 0.25) is 0 Å². The minimum atomic E-state index is -0.505. The van der Waals surface area contributed by atoms with E-state index >= 15 is 0 Å². The van der Waals surface area contributed by atoms with E-state index in [1.54, 1.807) is 7.05 Å². The molecule has 1 amide bonds. The maximum Gasteiger partial charge on any atom is 0.240 e. The number of amides is 1. The third kappa shape index (κ3) is 2.21. The van der Waals surface area contributed by atoms with Crippen molar-refractivity contribution >= 4 is 5.91 Å². The SMILES string of the molecule is CNC1=C[C@H]1NC(=O)C(C)(C)NC. The molecule has 3 N–H and O–H groups in total. The van der Waals surface area contributed by atoms with Crippen molar-refractivity contribution in [2.75, 3.05) is 14.1 Å². The van der Waals surface area contributed by atoms with Crippen molar-refractivity contribution < 1.29 is 4.79 Å². The highest BCUT2D eigenvalue weighted by Crippen LogP contribution is 2.16. The molecule has 0 saturated heterocycles. The van der Waals surface area contributed by atoms with Gasteiger partial charge < -0.3 is 16.0 Å². The van der Waals surface area contributed by atoms with Crippen LogP contribution in [-0.2, 0) is 4.79 Å². The Balaban J connectivity index is 2.35. The zero-order valence-corrected chi connectivity index (χ0v) is 8.56. The fraction of sp³-hybridized carbons (Fsp3) is 0.667. The van der Waals surface area contributed by atoms with E-state index in [0.717, 1.165) is 5.70 Å². The van der Waals surface area contributed by atoms with Crippen LogP contribution >= 0.6 is 0 Å². The van der Waals surface area contributed by atoms with Crippen LogP contribution < -0.4 is 16.0 Å². The topological polar surface area (TPSA) is 53.2 Å². The molecule has 4 heteroatoms.